The van der Waals surface area contributed by atoms with E-state index in [-0.39, 0.29) is 40.5 Å². The fraction of sp³-hybridized carbons (Fsp3) is 0.526. The van der Waals surface area contributed by atoms with E-state index in [9.17, 15) is 24.0 Å². The molecule has 27 heteroatoms. The summed E-state index contributed by atoms with van der Waals surface area (Å²) in [4.78, 5) is 59.3. The Balaban J connectivity index is 1.19. The van der Waals surface area contributed by atoms with Gasteiger partial charge in [0, 0.05) is 6.42 Å². The lowest BCUT2D eigenvalue weighted by molar-refractivity contribution is -0.141. The molecule has 4 aromatic rings. The van der Waals surface area contributed by atoms with Crippen LogP contribution in [-0.4, -0.2) is 102 Å². The van der Waals surface area contributed by atoms with Gasteiger partial charge in [0.25, 0.3) is 5.56 Å². The quantitative estimate of drug-likeness (QED) is 0.118. The molecule has 0 spiro atoms. The van der Waals surface area contributed by atoms with Crippen molar-refractivity contribution in [2.24, 2.45) is 0 Å². The Morgan fingerprint density at radius 2 is 1.93 bits per heavy atom. The number of thioether (sulfide) groups is 1. The van der Waals surface area contributed by atoms with E-state index in [4.69, 9.17) is 25.3 Å². The van der Waals surface area contributed by atoms with Crippen LogP contribution in [0.3, 0.4) is 0 Å². The summed E-state index contributed by atoms with van der Waals surface area (Å²) in [6.07, 6.45) is -6.54. The highest BCUT2D eigenvalue weighted by Crippen LogP contribution is 2.55. The number of H-pyrrole nitrogens is 1. The lowest BCUT2D eigenvalue weighted by Crippen LogP contribution is -2.41. The molecule has 0 amide bonds. The van der Waals surface area contributed by atoms with E-state index in [1.165, 1.54) is 10.9 Å². The summed E-state index contributed by atoms with van der Waals surface area (Å²) in [5.41, 5.74) is 10.3. The third-order valence-electron chi connectivity index (χ3n) is 6.84. The highest BCUT2D eigenvalue weighted by Gasteiger charge is 2.64. The fourth-order valence-electron chi connectivity index (χ4n) is 4.82. The standard InChI is InChI=1S/C19H22F3N11O9P2S2/c20-6-1-9(32-5-27-11-15(32)28-18(24)29-16(11)34)46-8(6)3-39-43(35,36)42-12-7(2-40-44(37,38)45)41-17(19(12,21)22)33-14-10(30-31-33)13(23)25-4-26-14/h4-9,12,17H,1-3H2,(H,35,36)(H2,23,25,26)(H2,37,38,45)(H3,24,28,29,34)/t6-,7-,8-,9-,12-,17-/m1/s1. The zero-order chi connectivity index (χ0) is 33.2. The van der Waals surface area contributed by atoms with E-state index in [0.717, 1.165) is 18.1 Å². The predicted molar refractivity (Wildman–Crippen MR) is 154 cm³/mol. The maximum atomic E-state index is 15.9. The molecule has 2 aliphatic rings. The average molecular weight is 732 g/mol. The molecule has 0 aromatic carbocycles. The number of fused-ring (bicyclic) bond motifs is 2. The van der Waals surface area contributed by atoms with Gasteiger partial charge in [-0.3, -0.25) is 18.8 Å². The Morgan fingerprint density at radius 3 is 2.67 bits per heavy atom. The number of nitrogen functional groups attached to an aromatic ring is 2. The number of ether oxygens (including phenoxy) is 1. The minimum Gasteiger partial charge on any atom is -0.382 e. The van der Waals surface area contributed by atoms with E-state index < -0.39 is 74.5 Å². The summed E-state index contributed by atoms with van der Waals surface area (Å²) in [6, 6.07) is 0. The van der Waals surface area contributed by atoms with Gasteiger partial charge in [0.2, 0.25) is 12.2 Å². The van der Waals surface area contributed by atoms with Crippen molar-refractivity contribution < 1.29 is 50.7 Å². The number of alkyl halides is 3. The summed E-state index contributed by atoms with van der Waals surface area (Å²) < 4.78 is 81.4. The van der Waals surface area contributed by atoms with Gasteiger partial charge in [-0.15, -0.1) is 16.9 Å². The molecule has 0 bridgehead atoms. The number of phosphoric ester groups is 1. The number of nitrogens with one attached hydrogen (secondary N) is 1. The van der Waals surface area contributed by atoms with Gasteiger partial charge in [-0.25, -0.2) is 23.9 Å². The number of hydrogen-bond donors (Lipinski definition) is 6. The molecule has 0 radical (unpaired) electrons. The SMILES string of the molecule is Nc1nc2c(ncn2[C@H]2C[C@@H](F)[C@@H](COP(=O)(O)O[C@@H]3[C@@H](COP(O)(O)=S)O[C@@H](n4nnc5c(N)ncnc54)C3(F)F)S2)c(=O)[nH]1. The molecule has 4 aromatic heterocycles. The Morgan fingerprint density at radius 1 is 1.17 bits per heavy atom. The van der Waals surface area contributed by atoms with Crippen molar-refractivity contribution in [1.29, 1.82) is 0 Å². The number of nitrogens with two attached hydrogens (primary N) is 2. The lowest BCUT2D eigenvalue weighted by Gasteiger charge is -2.26. The Hall–Kier alpha value is -2.83. The van der Waals surface area contributed by atoms with Gasteiger partial charge in [0.05, 0.1) is 30.2 Å². The Kier molecular flexibility index (Phi) is 8.63. The largest absolute Gasteiger partial charge is 0.472 e. The summed E-state index contributed by atoms with van der Waals surface area (Å²) in [5, 5.41) is 5.46. The monoisotopic (exact) mass is 731 g/mol. The minimum absolute atomic E-state index is 0.0395. The van der Waals surface area contributed by atoms with E-state index in [1.807, 2.05) is 0 Å². The first-order chi connectivity index (χ1) is 21.5. The molecule has 2 saturated heterocycles. The number of hydrogen-bond acceptors (Lipinski definition) is 16. The van der Waals surface area contributed by atoms with E-state index in [2.05, 4.69) is 51.6 Å². The lowest BCUT2D eigenvalue weighted by atomic mass is 10.1. The van der Waals surface area contributed by atoms with Crippen LogP contribution in [0.5, 0.6) is 0 Å². The second kappa shape index (κ2) is 12.0. The van der Waals surface area contributed by atoms with E-state index in [1.54, 1.807) is 0 Å². The smallest absolute Gasteiger partial charge is 0.382 e. The van der Waals surface area contributed by atoms with Crippen molar-refractivity contribution in [3.63, 3.8) is 0 Å². The van der Waals surface area contributed by atoms with Crippen molar-refractivity contribution in [2.75, 3.05) is 24.7 Å². The third-order valence-corrected chi connectivity index (χ3v) is 10.1. The molecular formula is C19H22F3N11O9P2S2. The van der Waals surface area contributed by atoms with Gasteiger partial charge in [-0.05, 0) is 11.8 Å². The van der Waals surface area contributed by atoms with Gasteiger partial charge >= 0.3 is 20.5 Å². The highest BCUT2D eigenvalue weighted by atomic mass is 32.5. The van der Waals surface area contributed by atoms with Crippen LogP contribution in [0, 0.1) is 0 Å². The van der Waals surface area contributed by atoms with Crippen LogP contribution in [0.2, 0.25) is 0 Å². The van der Waals surface area contributed by atoms with Gasteiger partial charge < -0.3 is 40.0 Å². The maximum Gasteiger partial charge on any atom is 0.472 e. The predicted octanol–water partition coefficient (Wildman–Crippen LogP) is 0.122. The van der Waals surface area contributed by atoms with Crippen LogP contribution in [0.15, 0.2) is 17.4 Å². The number of aromatic amines is 1. The molecule has 46 heavy (non-hydrogen) atoms. The summed E-state index contributed by atoms with van der Waals surface area (Å²) in [5.74, 6) is -4.58. The molecule has 6 rings (SSSR count). The van der Waals surface area contributed by atoms with Gasteiger partial charge in [0.15, 0.2) is 34.2 Å². The molecule has 0 aliphatic carbocycles. The second-order valence-corrected chi connectivity index (χ2v) is 15.4. The van der Waals surface area contributed by atoms with Crippen molar-refractivity contribution >= 4 is 72.2 Å². The van der Waals surface area contributed by atoms with Gasteiger partial charge in [0.1, 0.15) is 18.6 Å². The van der Waals surface area contributed by atoms with Crippen molar-refractivity contribution in [3.8, 4) is 0 Å². The van der Waals surface area contributed by atoms with Crippen molar-refractivity contribution in [2.45, 2.75) is 47.6 Å². The van der Waals surface area contributed by atoms with Crippen LogP contribution in [0.1, 0.15) is 18.0 Å². The first-order valence-corrected chi connectivity index (χ1v) is 17.8. The number of nitrogens with zero attached hydrogens (tertiary/aromatic N) is 8. The Bertz CT molecular complexity index is 1950. The number of phosphoric acid groups is 1. The fourth-order valence-corrected chi connectivity index (χ4v) is 7.83. The van der Waals surface area contributed by atoms with Crippen molar-refractivity contribution in [3.05, 3.63) is 23.0 Å². The zero-order valence-corrected chi connectivity index (χ0v) is 26.0. The average Bonchev–Trinajstić information content (AvgIpc) is 3.71. The number of rotatable bonds is 10. The number of aromatic nitrogens is 9. The first kappa shape index (κ1) is 33.1. The maximum absolute atomic E-state index is 15.9. The van der Waals surface area contributed by atoms with Crippen LogP contribution < -0.4 is 17.0 Å². The molecule has 6 heterocycles. The molecule has 2 aliphatic heterocycles. The van der Waals surface area contributed by atoms with Crippen LogP contribution in [-0.2, 0) is 34.7 Å². The van der Waals surface area contributed by atoms with Crippen LogP contribution >= 0.6 is 26.3 Å². The normalized spacial score (nSPS) is 27.9. The van der Waals surface area contributed by atoms with Crippen molar-refractivity contribution in [1.82, 2.24) is 44.5 Å². The second-order valence-electron chi connectivity index (χ2n) is 9.90. The first-order valence-electron chi connectivity index (χ1n) is 12.8. The summed E-state index contributed by atoms with van der Waals surface area (Å²) >= 11 is 5.31. The number of imidazole rings is 1. The van der Waals surface area contributed by atoms with E-state index in [0.29, 0.717) is 4.68 Å². The minimum atomic E-state index is -5.42. The number of anilines is 2. The Labute approximate surface area is 262 Å². The topological polar surface area (TPSA) is 287 Å². The van der Waals surface area contributed by atoms with Crippen LogP contribution in [0.25, 0.3) is 22.3 Å². The van der Waals surface area contributed by atoms with Gasteiger partial charge in [-0.1, -0.05) is 5.21 Å². The molecule has 0 saturated carbocycles. The third kappa shape index (κ3) is 6.36. The molecule has 7 atom stereocenters. The highest BCUT2D eigenvalue weighted by molar-refractivity contribution is 8.06. The molecule has 2 fully saturated rings. The molecule has 8 N–H and O–H groups in total. The summed E-state index contributed by atoms with van der Waals surface area (Å²) in [6.45, 7) is -6.22. The van der Waals surface area contributed by atoms with Crippen LogP contribution in [0.4, 0.5) is 24.9 Å². The van der Waals surface area contributed by atoms with E-state index >= 15 is 13.2 Å². The summed E-state index contributed by atoms with van der Waals surface area (Å²) in [7, 11) is -5.42. The molecule has 250 valence electrons. The molecule has 20 nitrogen and oxygen atoms in total. The molecular weight excluding hydrogens is 709 g/mol. The molecule has 1 unspecified atom stereocenters. The van der Waals surface area contributed by atoms with Gasteiger partial charge in [-0.2, -0.15) is 18.4 Å². The number of halogens is 3. The zero-order valence-electron chi connectivity index (χ0n) is 22.6.